The van der Waals surface area contributed by atoms with Crippen molar-refractivity contribution in [3.05, 3.63) is 120 Å². The molecule has 6 aromatic rings. The molecule has 0 nitrogen and oxygen atoms in total. The minimum Gasteiger partial charge on any atom is -0.0616 e. The van der Waals surface area contributed by atoms with Gasteiger partial charge in [0.15, 0.2) is 0 Å². The fourth-order valence-corrected chi connectivity index (χ4v) is 5.36. The fraction of sp³-hybridized carbons (Fsp3) is 0.125. The summed E-state index contributed by atoms with van der Waals surface area (Å²) in [5.41, 5.74) is 3.00. The third-order valence-electron chi connectivity index (χ3n) is 6.87. The van der Waals surface area contributed by atoms with Crippen molar-refractivity contribution in [3.8, 4) is 0 Å². The summed E-state index contributed by atoms with van der Waals surface area (Å²) in [5.74, 6) is 0. The van der Waals surface area contributed by atoms with Crippen molar-refractivity contribution in [1.82, 2.24) is 0 Å². The summed E-state index contributed by atoms with van der Waals surface area (Å²) in [6.45, 7) is 0. The second kappa shape index (κ2) is 8.13. The van der Waals surface area contributed by atoms with E-state index in [9.17, 15) is 0 Å². The number of hydrogen-bond donors (Lipinski definition) is 0. The summed E-state index contributed by atoms with van der Waals surface area (Å²) in [6.07, 6.45) is 4.61. The lowest BCUT2D eigenvalue weighted by molar-refractivity contribution is 0.744. The second-order valence-corrected chi connectivity index (χ2v) is 8.80. The quantitative estimate of drug-likeness (QED) is 0.197. The largest absolute Gasteiger partial charge is 0.0616 e. The maximum absolute atomic E-state index is 2.33. The summed E-state index contributed by atoms with van der Waals surface area (Å²) in [6, 6.07) is 40.0. The molecule has 0 aliphatic rings. The van der Waals surface area contributed by atoms with Gasteiger partial charge in [-0.2, -0.15) is 0 Å². The Morgan fingerprint density at radius 1 is 0.344 bits per heavy atom. The zero-order chi connectivity index (χ0) is 21.3. The van der Waals surface area contributed by atoms with E-state index in [1.54, 1.807) is 0 Å². The molecular weight excluding hydrogens is 384 g/mol. The second-order valence-electron chi connectivity index (χ2n) is 8.80. The number of rotatable bonds is 5. The van der Waals surface area contributed by atoms with Crippen LogP contribution >= 0.6 is 0 Å². The van der Waals surface area contributed by atoms with E-state index >= 15 is 0 Å². The molecule has 0 spiro atoms. The highest BCUT2D eigenvalue weighted by atomic mass is 14.1. The smallest absolute Gasteiger partial charge is 0.0146 e. The van der Waals surface area contributed by atoms with Gasteiger partial charge in [0.05, 0.1) is 0 Å². The van der Waals surface area contributed by atoms with Gasteiger partial charge in [0.25, 0.3) is 0 Å². The molecule has 154 valence electrons. The standard InChI is InChI=1S/C32H26/c1-5-15-27-23(11-1)21-24-12-2-6-16-28(24)31(27)19-9-10-20-32-29-17-7-3-13-25(29)22-26-14-4-8-18-30(26)32/h1-8,11-18,21-22H,9-10,19-20H2. The Balaban J connectivity index is 1.32. The van der Waals surface area contributed by atoms with E-state index in [2.05, 4.69) is 109 Å². The third-order valence-corrected chi connectivity index (χ3v) is 6.87. The minimum atomic E-state index is 1.12. The molecule has 0 bridgehead atoms. The monoisotopic (exact) mass is 410 g/mol. The molecule has 0 amide bonds. The van der Waals surface area contributed by atoms with Gasteiger partial charge >= 0.3 is 0 Å². The Hall–Kier alpha value is -3.64. The van der Waals surface area contributed by atoms with Gasteiger partial charge in [-0.3, -0.25) is 0 Å². The summed E-state index contributed by atoms with van der Waals surface area (Å²) >= 11 is 0. The normalized spacial score (nSPS) is 11.6. The van der Waals surface area contributed by atoms with Crippen molar-refractivity contribution < 1.29 is 0 Å². The maximum Gasteiger partial charge on any atom is -0.0146 e. The van der Waals surface area contributed by atoms with Crippen LogP contribution in [0.15, 0.2) is 109 Å². The topological polar surface area (TPSA) is 0 Å². The molecule has 0 radical (unpaired) electrons. The average Bonchev–Trinajstić information content (AvgIpc) is 2.85. The molecule has 0 aromatic heterocycles. The Kier molecular flexibility index (Phi) is 4.85. The van der Waals surface area contributed by atoms with Gasteiger partial charge in [0, 0.05) is 0 Å². The first kappa shape index (κ1) is 19.1. The summed E-state index contributed by atoms with van der Waals surface area (Å²) < 4.78 is 0. The highest BCUT2D eigenvalue weighted by molar-refractivity contribution is 6.03. The van der Waals surface area contributed by atoms with Crippen molar-refractivity contribution in [1.29, 1.82) is 0 Å². The van der Waals surface area contributed by atoms with Crippen molar-refractivity contribution in [2.24, 2.45) is 0 Å². The van der Waals surface area contributed by atoms with Gasteiger partial charge in [-0.1, -0.05) is 97.1 Å². The first-order valence-electron chi connectivity index (χ1n) is 11.7. The van der Waals surface area contributed by atoms with E-state index in [4.69, 9.17) is 0 Å². The molecule has 0 atom stereocenters. The first-order valence-corrected chi connectivity index (χ1v) is 11.7. The van der Waals surface area contributed by atoms with Crippen LogP contribution in [0.2, 0.25) is 0 Å². The van der Waals surface area contributed by atoms with Gasteiger partial charge in [0.1, 0.15) is 0 Å². The molecule has 0 heteroatoms. The van der Waals surface area contributed by atoms with Gasteiger partial charge in [-0.15, -0.1) is 0 Å². The fourth-order valence-electron chi connectivity index (χ4n) is 5.36. The van der Waals surface area contributed by atoms with Crippen LogP contribution in [0.5, 0.6) is 0 Å². The van der Waals surface area contributed by atoms with Crippen LogP contribution in [0.1, 0.15) is 24.0 Å². The van der Waals surface area contributed by atoms with Crippen LogP contribution in [0.3, 0.4) is 0 Å². The number of fused-ring (bicyclic) bond motifs is 4. The van der Waals surface area contributed by atoms with Gasteiger partial charge in [-0.25, -0.2) is 0 Å². The lowest BCUT2D eigenvalue weighted by Gasteiger charge is -2.13. The van der Waals surface area contributed by atoms with E-state index in [0.717, 1.165) is 12.8 Å². The van der Waals surface area contributed by atoms with E-state index < -0.39 is 0 Å². The van der Waals surface area contributed by atoms with Crippen molar-refractivity contribution in [2.45, 2.75) is 25.7 Å². The molecule has 0 aliphatic heterocycles. The lowest BCUT2D eigenvalue weighted by atomic mass is 9.91. The molecule has 6 rings (SSSR count). The molecular formula is C32H26. The maximum atomic E-state index is 2.33. The third kappa shape index (κ3) is 3.33. The predicted octanol–water partition coefficient (Wildman–Crippen LogP) is 8.86. The first-order chi connectivity index (χ1) is 15.9. The predicted molar refractivity (Wildman–Crippen MR) is 140 cm³/mol. The zero-order valence-electron chi connectivity index (χ0n) is 18.2. The molecule has 0 aliphatic carbocycles. The highest BCUT2D eigenvalue weighted by Gasteiger charge is 2.10. The van der Waals surface area contributed by atoms with Crippen LogP contribution in [0, 0.1) is 0 Å². The average molecular weight is 411 g/mol. The number of hydrogen-bond acceptors (Lipinski definition) is 0. The molecule has 0 unspecified atom stereocenters. The molecule has 0 saturated carbocycles. The van der Waals surface area contributed by atoms with Crippen LogP contribution in [0.25, 0.3) is 43.1 Å². The van der Waals surface area contributed by atoms with Crippen molar-refractivity contribution in [3.63, 3.8) is 0 Å². The highest BCUT2D eigenvalue weighted by Crippen LogP contribution is 2.32. The van der Waals surface area contributed by atoms with Gasteiger partial charge < -0.3 is 0 Å². The summed E-state index contributed by atoms with van der Waals surface area (Å²) in [7, 11) is 0. The lowest BCUT2D eigenvalue weighted by Crippen LogP contribution is -1.94. The van der Waals surface area contributed by atoms with Crippen molar-refractivity contribution >= 4 is 43.1 Å². The summed E-state index contributed by atoms with van der Waals surface area (Å²) in [5, 5.41) is 11.0. The van der Waals surface area contributed by atoms with E-state index in [1.165, 1.54) is 67.1 Å². The number of aryl methyl sites for hydroxylation is 2. The molecule has 0 saturated heterocycles. The van der Waals surface area contributed by atoms with E-state index in [-0.39, 0.29) is 0 Å². The van der Waals surface area contributed by atoms with Crippen LogP contribution < -0.4 is 0 Å². The van der Waals surface area contributed by atoms with Crippen LogP contribution in [-0.4, -0.2) is 0 Å². The Morgan fingerprint density at radius 3 is 0.938 bits per heavy atom. The number of unbranched alkanes of at least 4 members (excludes halogenated alkanes) is 1. The summed E-state index contributed by atoms with van der Waals surface area (Å²) in [4.78, 5) is 0. The Labute approximate surface area is 189 Å². The minimum absolute atomic E-state index is 1.12. The van der Waals surface area contributed by atoms with Crippen LogP contribution in [-0.2, 0) is 12.8 Å². The molecule has 6 aromatic carbocycles. The van der Waals surface area contributed by atoms with E-state index in [0.29, 0.717) is 0 Å². The van der Waals surface area contributed by atoms with Crippen LogP contribution in [0.4, 0.5) is 0 Å². The molecule has 0 N–H and O–H groups in total. The molecule has 0 heterocycles. The molecule has 32 heavy (non-hydrogen) atoms. The Bertz CT molecular complexity index is 1340. The molecule has 0 fully saturated rings. The Morgan fingerprint density at radius 2 is 0.625 bits per heavy atom. The van der Waals surface area contributed by atoms with Crippen molar-refractivity contribution in [2.75, 3.05) is 0 Å². The van der Waals surface area contributed by atoms with Gasteiger partial charge in [-0.05, 0) is 92.0 Å². The van der Waals surface area contributed by atoms with E-state index in [1.807, 2.05) is 0 Å². The zero-order valence-corrected chi connectivity index (χ0v) is 18.2. The SMILES string of the molecule is c1ccc2c(CCCCc3c4ccccc4cc4ccccc34)c3ccccc3cc2c1. The van der Waals surface area contributed by atoms with Gasteiger partial charge in [0.2, 0.25) is 0 Å². The number of benzene rings is 6.